The smallest absolute Gasteiger partial charge is 0.00305 e. The second kappa shape index (κ2) is 2.98. The van der Waals surface area contributed by atoms with Crippen LogP contribution in [0, 0.1) is 13.8 Å². The molecule has 1 aliphatic rings. The van der Waals surface area contributed by atoms with Crippen LogP contribution in [0.25, 0.3) is 21.9 Å². The van der Waals surface area contributed by atoms with Crippen LogP contribution < -0.4 is 0 Å². The summed E-state index contributed by atoms with van der Waals surface area (Å²) in [4.78, 5) is 0. The molecule has 0 aliphatic heterocycles. The number of allylic oxidation sites excluding steroid dienone is 2. The Labute approximate surface area is 96.6 Å². The van der Waals surface area contributed by atoms with Crippen molar-refractivity contribution in [3.63, 3.8) is 0 Å². The highest BCUT2D eigenvalue weighted by molar-refractivity contribution is 6.13. The van der Waals surface area contributed by atoms with Crippen molar-refractivity contribution in [1.29, 1.82) is 0 Å². The normalized spacial score (nSPS) is 14.0. The summed E-state index contributed by atoms with van der Waals surface area (Å²) < 4.78 is 0. The van der Waals surface area contributed by atoms with Gasteiger partial charge < -0.3 is 0 Å². The summed E-state index contributed by atoms with van der Waals surface area (Å²) >= 11 is 0. The number of hydrogen-bond acceptors (Lipinski definition) is 0. The van der Waals surface area contributed by atoms with Gasteiger partial charge in [0, 0.05) is 0 Å². The van der Waals surface area contributed by atoms with Crippen molar-refractivity contribution in [2.24, 2.45) is 0 Å². The van der Waals surface area contributed by atoms with Crippen molar-refractivity contribution in [3.8, 4) is 0 Å². The SMILES string of the molecule is CC1=C(C)c2c(C)c(C)cc3cccc1c23. The molecule has 16 heavy (non-hydrogen) atoms. The molecule has 0 heteroatoms. The fourth-order valence-corrected chi connectivity index (χ4v) is 2.87. The molecule has 2 aromatic rings. The lowest BCUT2D eigenvalue weighted by Gasteiger charge is -2.10. The number of benzene rings is 2. The predicted molar refractivity (Wildman–Crippen MR) is 71.6 cm³/mol. The van der Waals surface area contributed by atoms with Crippen molar-refractivity contribution in [2.45, 2.75) is 27.7 Å². The van der Waals surface area contributed by atoms with Gasteiger partial charge in [0.2, 0.25) is 0 Å². The Bertz CT molecular complexity index is 643. The minimum Gasteiger partial charge on any atom is -0.0610 e. The summed E-state index contributed by atoms with van der Waals surface area (Å²) in [6, 6.07) is 8.94. The van der Waals surface area contributed by atoms with Gasteiger partial charge in [0.05, 0.1) is 0 Å². The zero-order valence-corrected chi connectivity index (χ0v) is 10.3. The molecule has 0 radical (unpaired) electrons. The molecule has 0 heterocycles. The van der Waals surface area contributed by atoms with Gasteiger partial charge in [-0.2, -0.15) is 0 Å². The Balaban J connectivity index is 2.61. The molecule has 0 aromatic heterocycles. The van der Waals surface area contributed by atoms with E-state index in [1.165, 1.54) is 44.2 Å². The average molecular weight is 208 g/mol. The second-order valence-corrected chi connectivity index (χ2v) is 4.85. The zero-order valence-electron chi connectivity index (χ0n) is 10.3. The van der Waals surface area contributed by atoms with Crippen LogP contribution in [0.1, 0.15) is 36.1 Å². The van der Waals surface area contributed by atoms with Crippen molar-refractivity contribution >= 4 is 21.9 Å². The molecule has 0 spiro atoms. The van der Waals surface area contributed by atoms with Crippen LogP contribution in [0.3, 0.4) is 0 Å². The molecule has 1 aliphatic carbocycles. The third-order valence-corrected chi connectivity index (χ3v) is 4.03. The lowest BCUT2D eigenvalue weighted by Crippen LogP contribution is -1.89. The number of aryl methyl sites for hydroxylation is 1. The van der Waals surface area contributed by atoms with Gasteiger partial charge in [0.1, 0.15) is 0 Å². The van der Waals surface area contributed by atoms with Crippen LogP contribution in [0.4, 0.5) is 0 Å². The third kappa shape index (κ3) is 0.996. The summed E-state index contributed by atoms with van der Waals surface area (Å²) in [5.74, 6) is 0. The maximum Gasteiger partial charge on any atom is -0.00305 e. The zero-order chi connectivity index (χ0) is 11.4. The monoisotopic (exact) mass is 208 g/mol. The van der Waals surface area contributed by atoms with Gasteiger partial charge in [0.25, 0.3) is 0 Å². The molecule has 0 saturated heterocycles. The molecule has 80 valence electrons. The first-order valence-corrected chi connectivity index (χ1v) is 5.82. The molecule has 3 rings (SSSR count). The van der Waals surface area contributed by atoms with Crippen LogP contribution in [0.2, 0.25) is 0 Å². The van der Waals surface area contributed by atoms with Crippen LogP contribution in [-0.4, -0.2) is 0 Å². The summed E-state index contributed by atoms with van der Waals surface area (Å²) in [5, 5.41) is 2.84. The molecule has 0 nitrogen and oxygen atoms in total. The van der Waals surface area contributed by atoms with Gasteiger partial charge in [-0.1, -0.05) is 24.3 Å². The molecular weight excluding hydrogens is 192 g/mol. The standard InChI is InChI=1S/C16H16/c1-9-8-13-6-5-7-14-11(3)12(4)15(10(9)2)16(13)14/h5-8H,1-4H3. The van der Waals surface area contributed by atoms with E-state index >= 15 is 0 Å². The highest BCUT2D eigenvalue weighted by Crippen LogP contribution is 2.43. The van der Waals surface area contributed by atoms with E-state index in [9.17, 15) is 0 Å². The van der Waals surface area contributed by atoms with Crippen LogP contribution >= 0.6 is 0 Å². The van der Waals surface area contributed by atoms with E-state index in [2.05, 4.69) is 52.0 Å². The minimum atomic E-state index is 1.38. The van der Waals surface area contributed by atoms with Crippen molar-refractivity contribution in [1.82, 2.24) is 0 Å². The molecule has 0 fully saturated rings. The Morgan fingerprint density at radius 2 is 1.62 bits per heavy atom. The van der Waals surface area contributed by atoms with Gasteiger partial charge in [0.15, 0.2) is 0 Å². The minimum absolute atomic E-state index is 1.38. The Kier molecular flexibility index (Phi) is 1.79. The molecular formula is C16H16. The molecule has 0 N–H and O–H groups in total. The molecule has 0 unspecified atom stereocenters. The van der Waals surface area contributed by atoms with Crippen molar-refractivity contribution < 1.29 is 0 Å². The second-order valence-electron chi connectivity index (χ2n) is 4.85. The van der Waals surface area contributed by atoms with Gasteiger partial charge in [-0.3, -0.25) is 0 Å². The fraction of sp³-hybridized carbons (Fsp3) is 0.250. The lowest BCUT2D eigenvalue weighted by atomic mass is 9.94. The first kappa shape index (κ1) is 9.65. The topological polar surface area (TPSA) is 0 Å². The third-order valence-electron chi connectivity index (χ3n) is 4.03. The molecule has 0 amide bonds. The van der Waals surface area contributed by atoms with E-state index < -0.39 is 0 Å². The molecule has 0 saturated carbocycles. The predicted octanol–water partition coefficient (Wildman–Crippen LogP) is 4.72. The summed E-state index contributed by atoms with van der Waals surface area (Å²) in [7, 11) is 0. The molecule has 0 bridgehead atoms. The highest BCUT2D eigenvalue weighted by Gasteiger charge is 2.20. The van der Waals surface area contributed by atoms with Gasteiger partial charge in [-0.05, 0) is 71.9 Å². The van der Waals surface area contributed by atoms with Crippen molar-refractivity contribution in [2.75, 3.05) is 0 Å². The van der Waals surface area contributed by atoms with Gasteiger partial charge in [-0.15, -0.1) is 0 Å². The van der Waals surface area contributed by atoms with Gasteiger partial charge in [-0.25, -0.2) is 0 Å². The Morgan fingerprint density at radius 1 is 0.875 bits per heavy atom. The van der Waals surface area contributed by atoms with E-state index in [-0.39, 0.29) is 0 Å². The highest BCUT2D eigenvalue weighted by atomic mass is 14.2. The number of rotatable bonds is 0. The Morgan fingerprint density at radius 3 is 2.38 bits per heavy atom. The average Bonchev–Trinajstić information content (AvgIpc) is 2.52. The van der Waals surface area contributed by atoms with Crippen LogP contribution in [0.15, 0.2) is 24.3 Å². The van der Waals surface area contributed by atoms with E-state index in [1.54, 1.807) is 0 Å². The van der Waals surface area contributed by atoms with Gasteiger partial charge >= 0.3 is 0 Å². The molecule has 0 atom stereocenters. The van der Waals surface area contributed by atoms with E-state index in [0.717, 1.165) is 0 Å². The quantitative estimate of drug-likeness (QED) is 0.587. The largest absolute Gasteiger partial charge is 0.0610 e. The summed E-state index contributed by atoms with van der Waals surface area (Å²) in [6.07, 6.45) is 0. The number of hydrogen-bond donors (Lipinski definition) is 0. The van der Waals surface area contributed by atoms with Crippen LogP contribution in [-0.2, 0) is 0 Å². The van der Waals surface area contributed by atoms with E-state index in [0.29, 0.717) is 0 Å². The molecule has 2 aromatic carbocycles. The fourth-order valence-electron chi connectivity index (χ4n) is 2.87. The lowest BCUT2D eigenvalue weighted by molar-refractivity contribution is 1.34. The van der Waals surface area contributed by atoms with Crippen LogP contribution in [0.5, 0.6) is 0 Å². The first-order chi connectivity index (χ1) is 7.61. The van der Waals surface area contributed by atoms with Crippen molar-refractivity contribution in [3.05, 3.63) is 46.5 Å². The Hall–Kier alpha value is -1.56. The maximum absolute atomic E-state index is 2.31. The summed E-state index contributed by atoms with van der Waals surface area (Å²) in [6.45, 7) is 8.93. The van der Waals surface area contributed by atoms with E-state index in [4.69, 9.17) is 0 Å². The first-order valence-electron chi connectivity index (χ1n) is 5.82. The van der Waals surface area contributed by atoms with E-state index in [1.807, 2.05) is 0 Å². The maximum atomic E-state index is 2.31. The summed E-state index contributed by atoms with van der Waals surface area (Å²) in [5.41, 5.74) is 8.63.